The maximum absolute atomic E-state index is 12.0. The molecule has 4 nitrogen and oxygen atoms in total. The molecule has 0 aliphatic carbocycles. The van der Waals surface area contributed by atoms with Crippen molar-refractivity contribution in [1.29, 1.82) is 0 Å². The topological polar surface area (TPSA) is 47.6 Å². The second-order valence-electron chi connectivity index (χ2n) is 4.54. The van der Waals surface area contributed by atoms with Crippen molar-refractivity contribution in [1.82, 2.24) is 5.32 Å². The monoisotopic (exact) mass is 433 g/mol. The Morgan fingerprint density at radius 3 is 2.26 bits per heavy atom. The van der Waals surface area contributed by atoms with Crippen molar-refractivity contribution >= 4 is 28.5 Å². The minimum Gasteiger partial charge on any atom is -0.484 e. The molecule has 0 saturated carbocycles. The van der Waals surface area contributed by atoms with Gasteiger partial charge in [-0.15, -0.1) is 0 Å². The molecule has 0 aromatic heterocycles. The molecule has 7 heteroatoms. The van der Waals surface area contributed by atoms with Crippen molar-refractivity contribution < 1.29 is 23.0 Å². The highest BCUT2D eigenvalue weighted by Gasteiger charge is 2.05. The van der Waals surface area contributed by atoms with E-state index in [2.05, 4.69) is 32.6 Å². The van der Waals surface area contributed by atoms with Gasteiger partial charge in [0.2, 0.25) is 0 Å². The lowest BCUT2D eigenvalue weighted by Crippen LogP contribution is -2.28. The number of carbonyl (C=O) groups is 1. The fourth-order valence-electron chi connectivity index (χ4n) is 1.72. The number of benzene rings is 2. The molecule has 0 saturated heterocycles. The molecule has 0 atom stereocenters. The van der Waals surface area contributed by atoms with Gasteiger partial charge in [-0.3, -0.25) is 4.79 Å². The standard InChI is InChI=1S/C16H14F2INO3/c17-16(18)23-14-5-1-11(2-6-14)9-20-15(21)10-22-13-7-3-12(19)4-8-13/h1-8,16H,9-10H2,(H,20,21). The number of halogens is 3. The quantitative estimate of drug-likeness (QED) is 0.680. The zero-order valence-electron chi connectivity index (χ0n) is 12.0. The number of alkyl halides is 2. The lowest BCUT2D eigenvalue weighted by Gasteiger charge is -2.08. The normalized spacial score (nSPS) is 10.4. The first-order valence-electron chi connectivity index (χ1n) is 6.72. The van der Waals surface area contributed by atoms with Gasteiger partial charge in [0, 0.05) is 10.1 Å². The van der Waals surface area contributed by atoms with Gasteiger partial charge in [0.15, 0.2) is 6.61 Å². The first kappa shape index (κ1) is 17.5. The molecule has 0 bridgehead atoms. The Hall–Kier alpha value is -1.90. The Bertz CT molecular complexity index is 633. The summed E-state index contributed by atoms with van der Waals surface area (Å²) in [4.78, 5) is 11.7. The van der Waals surface area contributed by atoms with Gasteiger partial charge in [0.1, 0.15) is 11.5 Å². The maximum Gasteiger partial charge on any atom is 0.387 e. The van der Waals surface area contributed by atoms with Crippen LogP contribution in [0.2, 0.25) is 0 Å². The van der Waals surface area contributed by atoms with Crippen LogP contribution in [0.3, 0.4) is 0 Å². The van der Waals surface area contributed by atoms with Gasteiger partial charge in [-0.25, -0.2) is 0 Å². The number of amides is 1. The van der Waals surface area contributed by atoms with Crippen molar-refractivity contribution in [2.24, 2.45) is 0 Å². The zero-order chi connectivity index (χ0) is 16.7. The second kappa shape index (κ2) is 8.66. The molecule has 0 unspecified atom stereocenters. The van der Waals surface area contributed by atoms with Crippen LogP contribution in [-0.2, 0) is 11.3 Å². The van der Waals surface area contributed by atoms with E-state index in [1.54, 1.807) is 24.3 Å². The van der Waals surface area contributed by atoms with Gasteiger partial charge in [0.25, 0.3) is 5.91 Å². The lowest BCUT2D eigenvalue weighted by molar-refractivity contribution is -0.123. The Morgan fingerprint density at radius 2 is 1.65 bits per heavy atom. The molecule has 23 heavy (non-hydrogen) atoms. The summed E-state index contributed by atoms with van der Waals surface area (Å²) in [6, 6.07) is 13.4. The summed E-state index contributed by atoms with van der Waals surface area (Å²) >= 11 is 2.18. The number of carbonyl (C=O) groups excluding carboxylic acids is 1. The summed E-state index contributed by atoms with van der Waals surface area (Å²) in [5, 5.41) is 2.69. The highest BCUT2D eigenvalue weighted by Crippen LogP contribution is 2.15. The van der Waals surface area contributed by atoms with Crippen LogP contribution >= 0.6 is 22.6 Å². The average molecular weight is 433 g/mol. The van der Waals surface area contributed by atoms with Crippen LogP contribution in [0.4, 0.5) is 8.78 Å². The second-order valence-corrected chi connectivity index (χ2v) is 5.79. The smallest absolute Gasteiger partial charge is 0.387 e. The Labute approximate surface area is 145 Å². The van der Waals surface area contributed by atoms with Crippen LogP contribution in [0.5, 0.6) is 11.5 Å². The number of hydrogen-bond acceptors (Lipinski definition) is 3. The Balaban J connectivity index is 1.74. The van der Waals surface area contributed by atoms with E-state index in [9.17, 15) is 13.6 Å². The van der Waals surface area contributed by atoms with E-state index < -0.39 is 6.61 Å². The molecule has 0 heterocycles. The minimum atomic E-state index is -2.85. The van der Waals surface area contributed by atoms with Crippen LogP contribution in [0.25, 0.3) is 0 Å². The molecule has 2 rings (SSSR count). The largest absolute Gasteiger partial charge is 0.484 e. The average Bonchev–Trinajstić information content (AvgIpc) is 2.53. The van der Waals surface area contributed by atoms with E-state index >= 15 is 0 Å². The Morgan fingerprint density at radius 1 is 1.04 bits per heavy atom. The van der Waals surface area contributed by atoms with E-state index in [0.29, 0.717) is 5.75 Å². The molecule has 122 valence electrons. The summed E-state index contributed by atoms with van der Waals surface area (Å²) in [7, 11) is 0. The summed E-state index contributed by atoms with van der Waals surface area (Å²) < 4.78 is 34.7. The van der Waals surface area contributed by atoms with E-state index in [-0.39, 0.29) is 24.8 Å². The van der Waals surface area contributed by atoms with Crippen molar-refractivity contribution in [3.8, 4) is 11.5 Å². The molecule has 0 aliphatic rings. The molecule has 0 aliphatic heterocycles. The van der Waals surface area contributed by atoms with Crippen molar-refractivity contribution in [2.75, 3.05) is 6.61 Å². The van der Waals surface area contributed by atoms with E-state index in [1.165, 1.54) is 12.1 Å². The number of hydrogen-bond donors (Lipinski definition) is 1. The highest BCUT2D eigenvalue weighted by atomic mass is 127. The molecule has 2 aromatic rings. The molecular formula is C16H14F2INO3. The summed E-state index contributed by atoms with van der Waals surface area (Å²) in [6.07, 6.45) is 0. The first-order valence-corrected chi connectivity index (χ1v) is 7.79. The zero-order valence-corrected chi connectivity index (χ0v) is 14.1. The first-order chi connectivity index (χ1) is 11.0. The molecule has 0 spiro atoms. The van der Waals surface area contributed by atoms with E-state index in [0.717, 1.165) is 9.13 Å². The van der Waals surface area contributed by atoms with Crippen molar-refractivity contribution in [2.45, 2.75) is 13.2 Å². The van der Waals surface area contributed by atoms with Crippen LogP contribution in [0.15, 0.2) is 48.5 Å². The SMILES string of the molecule is O=C(COc1ccc(I)cc1)NCc1ccc(OC(F)F)cc1. The number of rotatable bonds is 7. The summed E-state index contributed by atoms with van der Waals surface area (Å²) in [5.74, 6) is 0.433. The number of ether oxygens (including phenoxy) is 2. The minimum absolute atomic E-state index is 0.0807. The van der Waals surface area contributed by atoms with Gasteiger partial charge in [-0.2, -0.15) is 8.78 Å². The predicted molar refractivity (Wildman–Crippen MR) is 89.6 cm³/mol. The van der Waals surface area contributed by atoms with Gasteiger partial charge >= 0.3 is 6.61 Å². The fourth-order valence-corrected chi connectivity index (χ4v) is 2.08. The van der Waals surface area contributed by atoms with Crippen LogP contribution in [-0.4, -0.2) is 19.1 Å². The molecule has 0 fully saturated rings. The van der Waals surface area contributed by atoms with Crippen molar-refractivity contribution in [3.63, 3.8) is 0 Å². The van der Waals surface area contributed by atoms with Gasteiger partial charge < -0.3 is 14.8 Å². The maximum atomic E-state index is 12.0. The van der Waals surface area contributed by atoms with Crippen LogP contribution in [0, 0.1) is 3.57 Å². The molecule has 1 N–H and O–H groups in total. The van der Waals surface area contributed by atoms with Crippen LogP contribution in [0.1, 0.15) is 5.56 Å². The van der Waals surface area contributed by atoms with Gasteiger partial charge in [-0.1, -0.05) is 12.1 Å². The molecule has 2 aromatic carbocycles. The third-order valence-electron chi connectivity index (χ3n) is 2.82. The van der Waals surface area contributed by atoms with Gasteiger partial charge in [0.05, 0.1) is 0 Å². The number of nitrogens with one attached hydrogen (secondary N) is 1. The summed E-state index contributed by atoms with van der Waals surface area (Å²) in [6.45, 7) is -2.66. The van der Waals surface area contributed by atoms with E-state index in [4.69, 9.17) is 4.74 Å². The predicted octanol–water partition coefficient (Wildman–Crippen LogP) is 3.59. The molecule has 0 radical (unpaired) electrons. The molecule has 1 amide bonds. The summed E-state index contributed by atoms with van der Waals surface area (Å²) in [5.41, 5.74) is 0.772. The Kier molecular flexibility index (Phi) is 6.57. The lowest BCUT2D eigenvalue weighted by atomic mass is 10.2. The van der Waals surface area contributed by atoms with Crippen LogP contribution < -0.4 is 14.8 Å². The van der Waals surface area contributed by atoms with Gasteiger partial charge in [-0.05, 0) is 64.6 Å². The third kappa shape index (κ3) is 6.39. The fraction of sp³-hybridized carbons (Fsp3) is 0.188. The van der Waals surface area contributed by atoms with E-state index in [1.807, 2.05) is 12.1 Å². The molecular weight excluding hydrogens is 419 g/mol. The van der Waals surface area contributed by atoms with Crippen molar-refractivity contribution in [3.05, 3.63) is 57.7 Å². The highest BCUT2D eigenvalue weighted by molar-refractivity contribution is 14.1. The third-order valence-corrected chi connectivity index (χ3v) is 3.54.